The lowest BCUT2D eigenvalue weighted by atomic mass is 10.1. The summed E-state index contributed by atoms with van der Waals surface area (Å²) in [5.41, 5.74) is 0.968. The maximum absolute atomic E-state index is 13.3. The van der Waals surface area contributed by atoms with Gasteiger partial charge in [0.05, 0.1) is 16.6 Å². The Morgan fingerprint density at radius 1 is 1.00 bits per heavy atom. The largest absolute Gasteiger partial charge is 0.417 e. The van der Waals surface area contributed by atoms with Crippen LogP contribution in [0, 0.1) is 6.92 Å². The number of nitrogens with zero attached hydrogens (tertiary/aromatic N) is 7. The van der Waals surface area contributed by atoms with Crippen LogP contribution in [0.15, 0.2) is 36.5 Å². The van der Waals surface area contributed by atoms with Crippen LogP contribution in [0.1, 0.15) is 24.1 Å². The van der Waals surface area contributed by atoms with Crippen LogP contribution in [0.4, 0.5) is 13.2 Å². The number of alkyl halides is 3. The minimum Gasteiger partial charge on any atom is -0.301 e. The van der Waals surface area contributed by atoms with Crippen molar-refractivity contribution >= 4 is 11.6 Å². The molecule has 1 aliphatic rings. The molecule has 0 bridgehead atoms. The standard InChI is InChI=1S/C20H15ClF3N7/c1-10-6-7-25-14(8-10)17-27-28-18-19-29-26-16(31(19)11(2)9-30(17)18)12-4-3-5-13(15(12)21)20(22,23)24/h3-8,11H,9H2,1-2H3. The van der Waals surface area contributed by atoms with E-state index in [4.69, 9.17) is 11.6 Å². The van der Waals surface area contributed by atoms with Crippen molar-refractivity contribution < 1.29 is 13.2 Å². The predicted octanol–water partition coefficient (Wildman–Crippen LogP) is 4.82. The Morgan fingerprint density at radius 2 is 1.71 bits per heavy atom. The van der Waals surface area contributed by atoms with Gasteiger partial charge in [0.15, 0.2) is 11.6 Å². The summed E-state index contributed by atoms with van der Waals surface area (Å²) in [5.74, 6) is 1.73. The van der Waals surface area contributed by atoms with Crippen molar-refractivity contribution in [2.75, 3.05) is 0 Å². The third kappa shape index (κ3) is 3.09. The smallest absolute Gasteiger partial charge is 0.301 e. The van der Waals surface area contributed by atoms with Gasteiger partial charge < -0.3 is 4.57 Å². The van der Waals surface area contributed by atoms with Gasteiger partial charge in [-0.1, -0.05) is 17.7 Å². The van der Waals surface area contributed by atoms with Crippen molar-refractivity contribution in [3.63, 3.8) is 0 Å². The van der Waals surface area contributed by atoms with E-state index in [2.05, 4.69) is 25.4 Å². The van der Waals surface area contributed by atoms with Crippen LogP contribution in [0.3, 0.4) is 0 Å². The normalized spacial score (nSPS) is 15.6. The first-order valence-corrected chi connectivity index (χ1v) is 9.81. The van der Waals surface area contributed by atoms with E-state index in [-0.39, 0.29) is 17.4 Å². The molecule has 1 unspecified atom stereocenters. The molecule has 4 heterocycles. The lowest BCUT2D eigenvalue weighted by Crippen LogP contribution is -2.22. The Balaban J connectivity index is 1.65. The van der Waals surface area contributed by atoms with Crippen LogP contribution in [-0.4, -0.2) is 34.5 Å². The average Bonchev–Trinajstić information content (AvgIpc) is 3.32. The fourth-order valence-electron chi connectivity index (χ4n) is 3.80. The average molecular weight is 446 g/mol. The molecule has 1 atom stereocenters. The molecule has 5 rings (SSSR count). The molecule has 4 aromatic rings. The number of rotatable bonds is 2. The van der Waals surface area contributed by atoms with Crippen molar-refractivity contribution in [1.29, 1.82) is 0 Å². The van der Waals surface area contributed by atoms with Crippen molar-refractivity contribution in [1.82, 2.24) is 34.5 Å². The Hall–Kier alpha value is -3.27. The number of hydrogen-bond donors (Lipinski definition) is 0. The highest BCUT2D eigenvalue weighted by Gasteiger charge is 2.36. The van der Waals surface area contributed by atoms with Gasteiger partial charge in [-0.05, 0) is 43.7 Å². The Bertz CT molecular complexity index is 1310. The minimum absolute atomic E-state index is 0.163. The van der Waals surface area contributed by atoms with Crippen LogP contribution >= 0.6 is 11.6 Å². The highest BCUT2D eigenvalue weighted by molar-refractivity contribution is 6.34. The van der Waals surface area contributed by atoms with Crippen LogP contribution in [0.25, 0.3) is 34.6 Å². The molecule has 0 spiro atoms. The van der Waals surface area contributed by atoms with Crippen LogP contribution in [0.5, 0.6) is 0 Å². The molecule has 0 saturated heterocycles. The second-order valence-corrected chi connectivity index (χ2v) is 7.79. The van der Waals surface area contributed by atoms with Crippen LogP contribution in [0.2, 0.25) is 5.02 Å². The molecule has 0 fully saturated rings. The monoisotopic (exact) mass is 445 g/mol. The van der Waals surface area contributed by atoms with E-state index in [0.29, 0.717) is 29.7 Å². The lowest BCUT2D eigenvalue weighted by molar-refractivity contribution is -0.137. The number of hydrogen-bond acceptors (Lipinski definition) is 5. The Morgan fingerprint density at radius 3 is 2.45 bits per heavy atom. The molecule has 7 nitrogen and oxygen atoms in total. The molecule has 31 heavy (non-hydrogen) atoms. The van der Waals surface area contributed by atoms with Crippen molar-refractivity contribution in [3.05, 3.63) is 52.7 Å². The number of pyridine rings is 1. The first kappa shape index (κ1) is 19.7. The van der Waals surface area contributed by atoms with Crippen LogP contribution in [-0.2, 0) is 12.7 Å². The number of fused-ring (bicyclic) bond motifs is 3. The van der Waals surface area contributed by atoms with Gasteiger partial charge in [-0.2, -0.15) is 13.2 Å². The third-order valence-corrected chi connectivity index (χ3v) is 5.63. The number of aryl methyl sites for hydroxylation is 1. The van der Waals surface area contributed by atoms with Gasteiger partial charge in [-0.15, -0.1) is 20.4 Å². The van der Waals surface area contributed by atoms with E-state index in [0.717, 1.165) is 11.6 Å². The SMILES string of the molecule is Cc1ccnc(-c2nnc3n2CC(C)n2c(-c4cccc(C(F)(F)F)c4Cl)nnc2-3)c1. The molecule has 0 amide bonds. The molecule has 11 heteroatoms. The number of benzene rings is 1. The van der Waals surface area contributed by atoms with E-state index in [1.54, 1.807) is 10.8 Å². The van der Waals surface area contributed by atoms with Crippen molar-refractivity contribution in [2.24, 2.45) is 0 Å². The second kappa shape index (κ2) is 6.88. The molecule has 1 aromatic carbocycles. The molecule has 0 aliphatic carbocycles. The molecule has 1 aliphatic heterocycles. The number of halogens is 4. The van der Waals surface area contributed by atoms with Crippen molar-refractivity contribution in [2.45, 2.75) is 32.6 Å². The van der Waals surface area contributed by atoms with E-state index < -0.39 is 16.8 Å². The van der Waals surface area contributed by atoms with E-state index in [9.17, 15) is 13.2 Å². The van der Waals surface area contributed by atoms with Gasteiger partial charge in [0.2, 0.25) is 11.6 Å². The summed E-state index contributed by atoms with van der Waals surface area (Å²) in [6.07, 6.45) is -2.87. The first-order valence-electron chi connectivity index (χ1n) is 9.43. The Labute approximate surface area is 179 Å². The summed E-state index contributed by atoms with van der Waals surface area (Å²) >= 11 is 6.13. The second-order valence-electron chi connectivity index (χ2n) is 7.41. The third-order valence-electron chi connectivity index (χ3n) is 5.22. The maximum atomic E-state index is 13.3. The van der Waals surface area contributed by atoms with Gasteiger partial charge in [0, 0.05) is 18.3 Å². The zero-order valence-electron chi connectivity index (χ0n) is 16.4. The first-order chi connectivity index (χ1) is 14.8. The summed E-state index contributed by atoms with van der Waals surface area (Å²) in [6.45, 7) is 4.36. The van der Waals surface area contributed by atoms with Gasteiger partial charge in [0.25, 0.3) is 0 Å². The number of aromatic nitrogens is 7. The molecule has 158 valence electrons. The summed E-state index contributed by atoms with van der Waals surface area (Å²) in [7, 11) is 0. The van der Waals surface area contributed by atoms with Crippen LogP contribution < -0.4 is 0 Å². The molecule has 0 saturated carbocycles. The topological polar surface area (TPSA) is 74.3 Å². The van der Waals surface area contributed by atoms with Gasteiger partial charge in [-0.25, -0.2) is 0 Å². The van der Waals surface area contributed by atoms with E-state index in [1.807, 2.05) is 30.5 Å². The zero-order valence-corrected chi connectivity index (χ0v) is 17.1. The molecule has 0 N–H and O–H groups in total. The lowest BCUT2D eigenvalue weighted by Gasteiger charge is -2.25. The summed E-state index contributed by atoms with van der Waals surface area (Å²) in [6, 6.07) is 7.38. The van der Waals surface area contributed by atoms with E-state index >= 15 is 0 Å². The zero-order chi connectivity index (χ0) is 21.9. The summed E-state index contributed by atoms with van der Waals surface area (Å²) in [4.78, 5) is 4.38. The predicted molar refractivity (Wildman–Crippen MR) is 107 cm³/mol. The van der Waals surface area contributed by atoms with E-state index in [1.165, 1.54) is 12.1 Å². The van der Waals surface area contributed by atoms with Crippen molar-refractivity contribution in [3.8, 4) is 34.6 Å². The highest BCUT2D eigenvalue weighted by atomic mass is 35.5. The quantitative estimate of drug-likeness (QED) is 0.442. The Kier molecular flexibility index (Phi) is 4.37. The molecule has 0 radical (unpaired) electrons. The minimum atomic E-state index is -4.57. The van der Waals surface area contributed by atoms with Gasteiger partial charge in [0.1, 0.15) is 5.69 Å². The van der Waals surface area contributed by atoms with Gasteiger partial charge >= 0.3 is 6.18 Å². The van der Waals surface area contributed by atoms with Gasteiger partial charge in [-0.3, -0.25) is 9.55 Å². The highest BCUT2D eigenvalue weighted by Crippen LogP contribution is 2.41. The summed E-state index contributed by atoms with van der Waals surface area (Å²) < 4.78 is 43.6. The fourth-order valence-corrected chi connectivity index (χ4v) is 4.12. The fraction of sp³-hybridized carbons (Fsp3) is 0.250. The summed E-state index contributed by atoms with van der Waals surface area (Å²) in [5, 5.41) is 16.5. The molecular weight excluding hydrogens is 431 g/mol. The maximum Gasteiger partial charge on any atom is 0.417 e. The molecule has 3 aromatic heterocycles. The molecular formula is C20H15ClF3N7.